The molecule has 148 valence electrons. The Balaban J connectivity index is 1.70. The Labute approximate surface area is 184 Å². The van der Waals surface area contributed by atoms with Crippen LogP contribution in [0.4, 0.5) is 4.79 Å². The molecule has 3 nitrogen and oxygen atoms in total. The van der Waals surface area contributed by atoms with Crippen molar-refractivity contribution in [2.24, 2.45) is 0 Å². The molecular weight excluding hydrogens is 438 g/mol. The fourth-order valence-electron chi connectivity index (χ4n) is 4.10. The summed E-state index contributed by atoms with van der Waals surface area (Å²) in [5.74, 6) is 0.631. The van der Waals surface area contributed by atoms with E-state index in [1.54, 1.807) is 0 Å². The molecule has 0 saturated heterocycles. The van der Waals surface area contributed by atoms with Crippen LogP contribution in [0, 0.1) is 6.92 Å². The number of halogens is 1. The van der Waals surface area contributed by atoms with Crippen molar-refractivity contribution in [2.45, 2.75) is 19.5 Å². The minimum atomic E-state index is -0.328. The van der Waals surface area contributed by atoms with Crippen molar-refractivity contribution in [3.8, 4) is 5.75 Å². The van der Waals surface area contributed by atoms with E-state index in [-0.39, 0.29) is 12.1 Å². The van der Waals surface area contributed by atoms with Gasteiger partial charge < -0.3 is 4.74 Å². The number of aryl methyl sites for hydroxylation is 1. The smallest absolute Gasteiger partial charge is 0.410 e. The van der Waals surface area contributed by atoms with Crippen LogP contribution in [0.2, 0.25) is 0 Å². The fraction of sp³-hybridized carbons (Fsp3) is 0.115. The number of ether oxygens (including phenoxy) is 1. The normalized spacial score (nSPS) is 15.7. The average Bonchev–Trinajstić information content (AvgIpc) is 2.76. The molecule has 4 heteroatoms. The maximum atomic E-state index is 13.1. The molecule has 1 aliphatic heterocycles. The van der Waals surface area contributed by atoms with Crippen molar-refractivity contribution in [3.63, 3.8) is 0 Å². The number of carbonyl (C=O) groups is 1. The molecule has 0 N–H and O–H groups in total. The number of hydrogen-bond acceptors (Lipinski definition) is 2. The number of benzene rings is 4. The lowest BCUT2D eigenvalue weighted by Crippen LogP contribution is -2.41. The Morgan fingerprint density at radius 2 is 1.63 bits per heavy atom. The quantitative estimate of drug-likeness (QED) is 0.330. The van der Waals surface area contributed by atoms with Gasteiger partial charge in [-0.05, 0) is 47.0 Å². The molecule has 1 atom stereocenters. The van der Waals surface area contributed by atoms with Gasteiger partial charge in [-0.1, -0.05) is 88.2 Å². The number of fused-ring (bicyclic) bond motifs is 3. The van der Waals surface area contributed by atoms with E-state index in [1.807, 2.05) is 41.3 Å². The highest BCUT2D eigenvalue weighted by Gasteiger charge is 2.36. The predicted octanol–water partition coefficient (Wildman–Crippen LogP) is 7.01. The second-order valence-electron chi connectivity index (χ2n) is 7.63. The molecule has 0 aromatic heterocycles. The molecule has 1 aliphatic rings. The van der Waals surface area contributed by atoms with E-state index >= 15 is 0 Å². The van der Waals surface area contributed by atoms with Crippen molar-refractivity contribution in [3.05, 3.63) is 112 Å². The first-order chi connectivity index (χ1) is 14.6. The van der Waals surface area contributed by atoms with Gasteiger partial charge in [0.1, 0.15) is 5.75 Å². The second-order valence-corrected chi connectivity index (χ2v) is 8.55. The van der Waals surface area contributed by atoms with Crippen LogP contribution in [0.5, 0.6) is 5.75 Å². The number of nitrogens with zero attached hydrogens (tertiary/aromatic N) is 1. The van der Waals surface area contributed by atoms with E-state index in [2.05, 4.69) is 71.4 Å². The summed E-state index contributed by atoms with van der Waals surface area (Å²) < 4.78 is 6.81. The minimum absolute atomic E-state index is 0.234. The predicted molar refractivity (Wildman–Crippen MR) is 123 cm³/mol. The molecule has 1 heterocycles. The third kappa shape index (κ3) is 3.37. The molecule has 0 aliphatic carbocycles. The average molecular weight is 458 g/mol. The summed E-state index contributed by atoms with van der Waals surface area (Å²) in [7, 11) is 0. The van der Waals surface area contributed by atoms with E-state index in [0.717, 1.165) is 31.9 Å². The topological polar surface area (TPSA) is 29.5 Å². The van der Waals surface area contributed by atoms with Gasteiger partial charge in [-0.15, -0.1) is 0 Å². The third-order valence-corrected chi connectivity index (χ3v) is 6.14. The molecule has 0 fully saturated rings. The van der Waals surface area contributed by atoms with Crippen LogP contribution < -0.4 is 4.74 Å². The summed E-state index contributed by atoms with van der Waals surface area (Å²) in [6, 6.07) is 28.4. The minimum Gasteiger partial charge on any atom is -0.410 e. The van der Waals surface area contributed by atoms with Crippen LogP contribution in [0.1, 0.15) is 28.3 Å². The summed E-state index contributed by atoms with van der Waals surface area (Å²) >= 11 is 3.52. The summed E-state index contributed by atoms with van der Waals surface area (Å²) in [6.45, 7) is 2.54. The molecule has 4 aromatic rings. The van der Waals surface area contributed by atoms with Gasteiger partial charge in [-0.25, -0.2) is 4.79 Å². The van der Waals surface area contributed by atoms with Gasteiger partial charge in [0.05, 0.1) is 6.04 Å². The van der Waals surface area contributed by atoms with Crippen LogP contribution in [-0.2, 0) is 6.54 Å². The molecule has 0 saturated carbocycles. The highest BCUT2D eigenvalue weighted by atomic mass is 79.9. The van der Waals surface area contributed by atoms with Gasteiger partial charge in [0.2, 0.25) is 0 Å². The molecule has 4 aromatic carbocycles. The molecular formula is C26H20BrNO2. The molecule has 0 spiro atoms. The Bertz CT molecular complexity index is 1230. The van der Waals surface area contributed by atoms with E-state index < -0.39 is 0 Å². The summed E-state index contributed by atoms with van der Waals surface area (Å²) in [5, 5.41) is 2.23. The van der Waals surface area contributed by atoms with E-state index in [4.69, 9.17) is 4.74 Å². The highest BCUT2D eigenvalue weighted by Crippen LogP contribution is 2.44. The summed E-state index contributed by atoms with van der Waals surface area (Å²) in [4.78, 5) is 14.9. The first kappa shape index (κ1) is 18.9. The zero-order valence-corrected chi connectivity index (χ0v) is 18.1. The lowest BCUT2D eigenvalue weighted by Gasteiger charge is -2.37. The van der Waals surface area contributed by atoms with Gasteiger partial charge in [-0.3, -0.25) is 4.90 Å². The monoisotopic (exact) mass is 457 g/mol. The molecule has 0 bridgehead atoms. The van der Waals surface area contributed by atoms with Crippen molar-refractivity contribution in [2.75, 3.05) is 0 Å². The first-order valence-electron chi connectivity index (χ1n) is 9.91. The number of hydrogen-bond donors (Lipinski definition) is 0. The van der Waals surface area contributed by atoms with Crippen molar-refractivity contribution in [1.29, 1.82) is 0 Å². The molecule has 1 amide bonds. The lowest BCUT2D eigenvalue weighted by molar-refractivity contribution is 0.123. The molecule has 0 radical (unpaired) electrons. The van der Waals surface area contributed by atoms with Crippen LogP contribution in [0.15, 0.2) is 89.4 Å². The highest BCUT2D eigenvalue weighted by molar-refractivity contribution is 9.10. The van der Waals surface area contributed by atoms with Gasteiger partial charge in [-0.2, -0.15) is 0 Å². The number of rotatable bonds is 3. The van der Waals surface area contributed by atoms with Crippen molar-refractivity contribution >= 4 is 32.8 Å². The number of carbonyl (C=O) groups excluding carboxylic acids is 1. The van der Waals surface area contributed by atoms with Crippen LogP contribution >= 0.6 is 15.9 Å². The summed E-state index contributed by atoms with van der Waals surface area (Å²) in [6.07, 6.45) is -0.328. The van der Waals surface area contributed by atoms with Crippen molar-refractivity contribution in [1.82, 2.24) is 4.90 Å². The standard InChI is InChI=1S/C26H20BrNO2/c1-17-6-8-18(9-7-17)16-28-25(20-10-13-21(27)14-11-20)24-22-5-3-2-4-19(22)12-15-23(24)30-26(28)29/h2-15,25H,16H2,1H3. The third-order valence-electron chi connectivity index (χ3n) is 5.61. The maximum absolute atomic E-state index is 13.1. The Morgan fingerprint density at radius 3 is 2.40 bits per heavy atom. The Kier molecular flexibility index (Phi) is 4.80. The van der Waals surface area contributed by atoms with E-state index in [0.29, 0.717) is 12.3 Å². The second kappa shape index (κ2) is 7.62. The van der Waals surface area contributed by atoms with Crippen LogP contribution in [0.25, 0.3) is 10.8 Å². The van der Waals surface area contributed by atoms with Gasteiger partial charge in [0.15, 0.2) is 0 Å². The Hall–Kier alpha value is -3.11. The summed E-state index contributed by atoms with van der Waals surface area (Å²) in [5.41, 5.74) is 4.35. The lowest BCUT2D eigenvalue weighted by atomic mass is 9.90. The largest absolute Gasteiger partial charge is 0.416 e. The van der Waals surface area contributed by atoms with Crippen molar-refractivity contribution < 1.29 is 9.53 Å². The molecule has 30 heavy (non-hydrogen) atoms. The maximum Gasteiger partial charge on any atom is 0.416 e. The van der Waals surface area contributed by atoms with Gasteiger partial charge in [0.25, 0.3) is 0 Å². The Morgan fingerprint density at radius 1 is 0.900 bits per heavy atom. The van der Waals surface area contributed by atoms with E-state index in [1.165, 1.54) is 5.56 Å². The van der Waals surface area contributed by atoms with Crippen LogP contribution in [0.3, 0.4) is 0 Å². The number of amides is 1. The zero-order valence-electron chi connectivity index (χ0n) is 16.5. The zero-order chi connectivity index (χ0) is 20.7. The molecule has 1 unspecified atom stereocenters. The first-order valence-corrected chi connectivity index (χ1v) is 10.7. The molecule has 5 rings (SSSR count). The van der Waals surface area contributed by atoms with Crippen LogP contribution in [-0.4, -0.2) is 11.0 Å². The van der Waals surface area contributed by atoms with Gasteiger partial charge >= 0.3 is 6.09 Å². The fourth-order valence-corrected chi connectivity index (χ4v) is 4.36. The SMILES string of the molecule is Cc1ccc(CN2C(=O)Oc3ccc4ccccc4c3C2c2ccc(Br)cc2)cc1. The van der Waals surface area contributed by atoms with Gasteiger partial charge in [0, 0.05) is 16.6 Å². The van der Waals surface area contributed by atoms with E-state index in [9.17, 15) is 4.79 Å².